The summed E-state index contributed by atoms with van der Waals surface area (Å²) in [5.74, 6) is 2.72. The minimum atomic E-state index is -0.617. The molecule has 4 N–H and O–H groups in total. The number of urea groups is 1. The largest absolute Gasteiger partial charge is 0.457 e. The highest BCUT2D eigenvalue weighted by atomic mass is 16.5. The molecule has 1 aromatic heterocycles. The van der Waals surface area contributed by atoms with Gasteiger partial charge in [-0.15, -0.1) is 0 Å². The summed E-state index contributed by atoms with van der Waals surface area (Å²) in [5, 5.41) is 8.08. The quantitative estimate of drug-likeness (QED) is 0.188. The normalized spacial score (nSPS) is 10.4. The van der Waals surface area contributed by atoms with Crippen molar-refractivity contribution >= 4 is 40.5 Å². The number of nitrogens with zero attached hydrogens (tertiary/aromatic N) is 1. The van der Waals surface area contributed by atoms with Crippen LogP contribution in [0, 0.1) is 0 Å². The van der Waals surface area contributed by atoms with E-state index in [1.54, 1.807) is 60.7 Å². The Balaban J connectivity index is 1.17. The highest BCUT2D eigenvalue weighted by Gasteiger charge is 2.09. The first-order valence-corrected chi connectivity index (χ1v) is 11.6. The number of benzene rings is 4. The fraction of sp³-hybridized carbons (Fsp3) is 0.0357. The number of carbonyl (C=O) groups excluding carboxylic acids is 2. The Hall–Kier alpha value is -5.51. The molecule has 0 saturated heterocycles. The zero-order valence-corrected chi connectivity index (χ0v) is 20.2. The third-order valence-corrected chi connectivity index (χ3v) is 5.28. The number of hydrogen-bond acceptors (Lipinski definition) is 6. The maximum absolute atomic E-state index is 12.5. The molecule has 3 amide bonds. The Kier molecular flexibility index (Phi) is 7.03. The highest BCUT2D eigenvalue weighted by molar-refractivity contribution is 5.99. The van der Waals surface area contributed by atoms with E-state index in [4.69, 9.17) is 9.47 Å². The lowest BCUT2D eigenvalue weighted by molar-refractivity contribution is 0.186. The maximum Gasteiger partial charge on any atom is 0.413 e. The SMILES string of the molecule is COC(=O)Nc1nc2cc(Oc3ccc(NC(=O)Nc4cccc(Oc5ccccc5)c4)cc3)ccc2[nH]1. The third kappa shape index (κ3) is 6.18. The standard InChI is InChI=1S/C28H23N5O5/c1-36-28(35)33-26-31-24-15-14-23(17-25(24)32-26)38-21-12-10-18(11-13-21)29-27(34)30-19-6-5-9-22(16-19)37-20-7-3-2-4-8-20/h2-17H,1H3,(H2,29,30,34)(H2,31,32,33,35). The Morgan fingerprint density at radius 1 is 0.684 bits per heavy atom. The van der Waals surface area contributed by atoms with Gasteiger partial charge in [0.2, 0.25) is 5.95 Å². The molecule has 0 fully saturated rings. The van der Waals surface area contributed by atoms with Gasteiger partial charge < -0.3 is 29.8 Å². The highest BCUT2D eigenvalue weighted by Crippen LogP contribution is 2.27. The molecule has 0 atom stereocenters. The lowest BCUT2D eigenvalue weighted by Gasteiger charge is -2.11. The van der Waals surface area contributed by atoms with Gasteiger partial charge in [0.15, 0.2) is 0 Å². The average Bonchev–Trinajstić information content (AvgIpc) is 3.32. The number of carbonyl (C=O) groups is 2. The summed E-state index contributed by atoms with van der Waals surface area (Å²) in [6.45, 7) is 0. The van der Waals surface area contributed by atoms with Crippen molar-refractivity contribution in [1.82, 2.24) is 9.97 Å². The Morgan fingerprint density at radius 2 is 1.34 bits per heavy atom. The van der Waals surface area contributed by atoms with Crippen LogP contribution in [0.2, 0.25) is 0 Å². The van der Waals surface area contributed by atoms with Crippen molar-refractivity contribution < 1.29 is 23.8 Å². The van der Waals surface area contributed by atoms with Crippen molar-refractivity contribution in [2.24, 2.45) is 0 Å². The van der Waals surface area contributed by atoms with Crippen molar-refractivity contribution in [2.75, 3.05) is 23.1 Å². The number of imidazole rings is 1. The van der Waals surface area contributed by atoms with Gasteiger partial charge >= 0.3 is 12.1 Å². The van der Waals surface area contributed by atoms with E-state index in [2.05, 4.69) is 30.7 Å². The van der Waals surface area contributed by atoms with Crippen LogP contribution in [0.25, 0.3) is 11.0 Å². The number of hydrogen-bond donors (Lipinski definition) is 4. The van der Waals surface area contributed by atoms with E-state index in [0.717, 1.165) is 5.52 Å². The number of ether oxygens (including phenoxy) is 3. The number of aromatic nitrogens is 2. The predicted octanol–water partition coefficient (Wildman–Crippen LogP) is 6.97. The van der Waals surface area contributed by atoms with E-state index in [9.17, 15) is 9.59 Å². The van der Waals surface area contributed by atoms with Crippen LogP contribution in [0.4, 0.5) is 26.9 Å². The molecular weight excluding hydrogens is 486 g/mol. The molecule has 0 aliphatic heterocycles. The zero-order valence-electron chi connectivity index (χ0n) is 20.2. The van der Waals surface area contributed by atoms with Crippen LogP contribution in [0.1, 0.15) is 0 Å². The van der Waals surface area contributed by atoms with Crippen molar-refractivity contribution in [3.63, 3.8) is 0 Å². The van der Waals surface area contributed by atoms with Gasteiger partial charge in [-0.3, -0.25) is 5.32 Å². The van der Waals surface area contributed by atoms with Crippen LogP contribution in [0.5, 0.6) is 23.0 Å². The Bertz CT molecular complexity index is 1570. The van der Waals surface area contributed by atoms with Gasteiger partial charge in [-0.25, -0.2) is 14.6 Å². The van der Waals surface area contributed by atoms with Gasteiger partial charge in [-0.2, -0.15) is 0 Å². The fourth-order valence-corrected chi connectivity index (χ4v) is 3.55. The van der Waals surface area contributed by atoms with Crippen molar-refractivity contribution in [3.8, 4) is 23.0 Å². The first-order valence-electron chi connectivity index (χ1n) is 11.6. The second-order valence-corrected chi connectivity index (χ2v) is 8.03. The molecule has 0 aliphatic carbocycles. The number of amides is 3. The number of rotatable bonds is 7. The number of fused-ring (bicyclic) bond motifs is 1. The van der Waals surface area contributed by atoms with Gasteiger partial charge in [0, 0.05) is 23.5 Å². The summed E-state index contributed by atoms with van der Waals surface area (Å²) in [5.41, 5.74) is 2.52. The molecule has 1 heterocycles. The molecule has 4 aromatic carbocycles. The number of methoxy groups -OCH3 is 1. The molecule has 190 valence electrons. The van der Waals surface area contributed by atoms with Gasteiger partial charge in [0.05, 0.1) is 18.1 Å². The predicted molar refractivity (Wildman–Crippen MR) is 144 cm³/mol. The van der Waals surface area contributed by atoms with Crippen molar-refractivity contribution in [2.45, 2.75) is 0 Å². The molecule has 0 saturated carbocycles. The first kappa shape index (κ1) is 24.2. The Morgan fingerprint density at radius 3 is 2.11 bits per heavy atom. The van der Waals surface area contributed by atoms with E-state index in [1.165, 1.54) is 7.11 Å². The molecule has 0 radical (unpaired) electrons. The molecule has 5 aromatic rings. The second kappa shape index (κ2) is 11.0. The monoisotopic (exact) mass is 509 g/mol. The summed E-state index contributed by atoms with van der Waals surface area (Å²) in [4.78, 5) is 31.2. The van der Waals surface area contributed by atoms with Crippen LogP contribution in [-0.2, 0) is 4.74 Å². The van der Waals surface area contributed by atoms with E-state index in [0.29, 0.717) is 39.9 Å². The minimum Gasteiger partial charge on any atom is -0.457 e. The maximum atomic E-state index is 12.5. The molecule has 0 spiro atoms. The average molecular weight is 510 g/mol. The van der Waals surface area contributed by atoms with Gasteiger partial charge in [-0.05, 0) is 60.7 Å². The number of para-hydroxylation sites is 1. The first-order chi connectivity index (χ1) is 18.5. The van der Waals surface area contributed by atoms with Crippen LogP contribution in [-0.4, -0.2) is 29.2 Å². The molecular formula is C28H23N5O5. The van der Waals surface area contributed by atoms with Crippen LogP contribution in [0.15, 0.2) is 97.1 Å². The third-order valence-electron chi connectivity index (χ3n) is 5.28. The summed E-state index contributed by atoms with van der Waals surface area (Å²) in [6, 6.07) is 28.4. The summed E-state index contributed by atoms with van der Waals surface area (Å²) < 4.78 is 16.3. The lowest BCUT2D eigenvalue weighted by atomic mass is 10.3. The summed E-state index contributed by atoms with van der Waals surface area (Å²) in [6.07, 6.45) is -0.617. The van der Waals surface area contributed by atoms with Crippen molar-refractivity contribution in [1.29, 1.82) is 0 Å². The zero-order chi connectivity index (χ0) is 26.3. The van der Waals surface area contributed by atoms with Crippen LogP contribution in [0.3, 0.4) is 0 Å². The Labute approximate surface area is 217 Å². The topological polar surface area (TPSA) is 127 Å². The number of anilines is 3. The van der Waals surface area contributed by atoms with E-state index < -0.39 is 12.1 Å². The van der Waals surface area contributed by atoms with Crippen LogP contribution >= 0.6 is 0 Å². The molecule has 0 bridgehead atoms. The molecule has 38 heavy (non-hydrogen) atoms. The number of nitrogens with one attached hydrogen (secondary N) is 4. The van der Waals surface area contributed by atoms with Gasteiger partial charge in [0.1, 0.15) is 23.0 Å². The van der Waals surface area contributed by atoms with E-state index in [-0.39, 0.29) is 5.95 Å². The van der Waals surface area contributed by atoms with Gasteiger partial charge in [0.25, 0.3) is 0 Å². The van der Waals surface area contributed by atoms with Gasteiger partial charge in [-0.1, -0.05) is 24.3 Å². The van der Waals surface area contributed by atoms with E-state index >= 15 is 0 Å². The summed E-state index contributed by atoms with van der Waals surface area (Å²) in [7, 11) is 1.28. The molecule has 10 heteroatoms. The van der Waals surface area contributed by atoms with Crippen molar-refractivity contribution in [3.05, 3.63) is 97.1 Å². The molecule has 5 rings (SSSR count). The molecule has 10 nitrogen and oxygen atoms in total. The second-order valence-electron chi connectivity index (χ2n) is 8.03. The van der Waals surface area contributed by atoms with Crippen LogP contribution < -0.4 is 25.4 Å². The lowest BCUT2D eigenvalue weighted by Crippen LogP contribution is -2.19. The number of H-pyrrole nitrogens is 1. The van der Waals surface area contributed by atoms with E-state index in [1.807, 2.05) is 36.4 Å². The smallest absolute Gasteiger partial charge is 0.413 e. The molecule has 0 unspecified atom stereocenters. The number of aromatic amines is 1. The summed E-state index contributed by atoms with van der Waals surface area (Å²) >= 11 is 0. The fourth-order valence-electron chi connectivity index (χ4n) is 3.55. The minimum absolute atomic E-state index is 0.271. The molecule has 0 aliphatic rings.